The minimum Gasteiger partial charge on any atom is -0.382 e. The van der Waals surface area contributed by atoms with Crippen LogP contribution in [0, 0.1) is 5.41 Å². The summed E-state index contributed by atoms with van der Waals surface area (Å²) < 4.78 is 0. The number of rotatable bonds is 3. The first-order valence-corrected chi connectivity index (χ1v) is 6.59. The molecule has 98 valence electrons. The van der Waals surface area contributed by atoms with E-state index in [-0.39, 0.29) is 5.91 Å². The zero-order valence-corrected chi connectivity index (χ0v) is 11.4. The van der Waals surface area contributed by atoms with Crippen molar-refractivity contribution in [2.24, 2.45) is 5.41 Å². The third kappa shape index (κ3) is 3.03. The Hall–Kier alpha value is -1.51. The second-order valence-electron chi connectivity index (χ2n) is 5.90. The molecule has 1 saturated carbocycles. The van der Waals surface area contributed by atoms with E-state index in [2.05, 4.69) is 24.5 Å². The first-order chi connectivity index (χ1) is 8.50. The Bertz CT molecular complexity index is 423. The summed E-state index contributed by atoms with van der Waals surface area (Å²) in [5.41, 5.74) is 2.26. The molecule has 1 aromatic carbocycles. The maximum Gasteiger partial charge on any atom is 0.251 e. The molecular formula is C15H22N2O. The van der Waals surface area contributed by atoms with E-state index < -0.39 is 0 Å². The van der Waals surface area contributed by atoms with Gasteiger partial charge in [-0.05, 0) is 48.9 Å². The lowest BCUT2D eigenvalue weighted by molar-refractivity contribution is 0.0963. The fraction of sp³-hybridized carbons (Fsp3) is 0.533. The standard InChI is InChI=1S/C15H22N2O/c1-15(2)9-8-13(10-15)17-12-6-4-11(5-7-12)14(18)16-3/h4-7,13,17H,8-10H2,1-3H3,(H,16,18). The van der Waals surface area contributed by atoms with Crippen molar-refractivity contribution in [3.8, 4) is 0 Å². The first-order valence-electron chi connectivity index (χ1n) is 6.59. The molecule has 0 radical (unpaired) electrons. The highest BCUT2D eigenvalue weighted by Crippen LogP contribution is 2.38. The van der Waals surface area contributed by atoms with Crippen molar-refractivity contribution in [3.05, 3.63) is 29.8 Å². The van der Waals surface area contributed by atoms with Crippen LogP contribution in [0.25, 0.3) is 0 Å². The number of nitrogens with one attached hydrogen (secondary N) is 2. The van der Waals surface area contributed by atoms with E-state index in [4.69, 9.17) is 0 Å². The van der Waals surface area contributed by atoms with E-state index in [0.29, 0.717) is 17.0 Å². The Morgan fingerprint density at radius 3 is 2.44 bits per heavy atom. The molecule has 1 amide bonds. The third-order valence-electron chi connectivity index (χ3n) is 3.71. The van der Waals surface area contributed by atoms with Crippen LogP contribution in [0.2, 0.25) is 0 Å². The van der Waals surface area contributed by atoms with Gasteiger partial charge in [0.1, 0.15) is 0 Å². The van der Waals surface area contributed by atoms with E-state index in [9.17, 15) is 4.79 Å². The highest BCUT2D eigenvalue weighted by atomic mass is 16.1. The molecule has 1 aliphatic carbocycles. The quantitative estimate of drug-likeness (QED) is 0.860. The predicted octanol–water partition coefficient (Wildman–Crippen LogP) is 3.04. The fourth-order valence-electron chi connectivity index (χ4n) is 2.66. The maximum atomic E-state index is 11.4. The summed E-state index contributed by atoms with van der Waals surface area (Å²) in [6.45, 7) is 4.65. The molecule has 2 N–H and O–H groups in total. The molecule has 3 nitrogen and oxygen atoms in total. The Morgan fingerprint density at radius 1 is 1.28 bits per heavy atom. The maximum absolute atomic E-state index is 11.4. The lowest BCUT2D eigenvalue weighted by Gasteiger charge is -2.18. The van der Waals surface area contributed by atoms with E-state index in [1.807, 2.05) is 24.3 Å². The molecule has 0 spiro atoms. The van der Waals surface area contributed by atoms with Gasteiger partial charge in [-0.1, -0.05) is 13.8 Å². The van der Waals surface area contributed by atoms with Gasteiger partial charge < -0.3 is 10.6 Å². The molecule has 0 heterocycles. The minimum atomic E-state index is -0.0384. The topological polar surface area (TPSA) is 41.1 Å². The Balaban J connectivity index is 1.97. The second-order valence-corrected chi connectivity index (χ2v) is 5.90. The molecule has 0 aliphatic heterocycles. The van der Waals surface area contributed by atoms with Crippen LogP contribution in [0.1, 0.15) is 43.5 Å². The van der Waals surface area contributed by atoms with Gasteiger partial charge in [-0.3, -0.25) is 4.79 Å². The summed E-state index contributed by atoms with van der Waals surface area (Å²) in [5, 5.41) is 6.17. The van der Waals surface area contributed by atoms with Crippen molar-refractivity contribution >= 4 is 11.6 Å². The molecule has 0 bridgehead atoms. The number of carbonyl (C=O) groups is 1. The van der Waals surface area contributed by atoms with Crippen molar-refractivity contribution in [2.75, 3.05) is 12.4 Å². The first kappa shape index (κ1) is 12.9. The van der Waals surface area contributed by atoms with Crippen LogP contribution >= 0.6 is 0 Å². The Labute approximate surface area is 109 Å². The van der Waals surface area contributed by atoms with Gasteiger partial charge in [0.15, 0.2) is 0 Å². The normalized spacial score (nSPS) is 21.6. The second kappa shape index (κ2) is 5.01. The Kier molecular flexibility index (Phi) is 3.60. The number of hydrogen-bond acceptors (Lipinski definition) is 2. The van der Waals surface area contributed by atoms with Crippen molar-refractivity contribution in [2.45, 2.75) is 39.2 Å². The molecule has 0 aromatic heterocycles. The van der Waals surface area contributed by atoms with Gasteiger partial charge in [0.25, 0.3) is 5.91 Å². The van der Waals surface area contributed by atoms with E-state index in [0.717, 1.165) is 5.69 Å². The van der Waals surface area contributed by atoms with Crippen LogP contribution in [0.4, 0.5) is 5.69 Å². The summed E-state index contributed by atoms with van der Waals surface area (Å²) in [5.74, 6) is -0.0384. The van der Waals surface area contributed by atoms with Crippen molar-refractivity contribution < 1.29 is 4.79 Å². The number of hydrogen-bond donors (Lipinski definition) is 2. The number of amides is 1. The lowest BCUT2D eigenvalue weighted by atomic mass is 9.92. The van der Waals surface area contributed by atoms with E-state index >= 15 is 0 Å². The number of carbonyl (C=O) groups excluding carboxylic acids is 1. The van der Waals surface area contributed by atoms with Crippen LogP contribution in [-0.2, 0) is 0 Å². The number of anilines is 1. The third-order valence-corrected chi connectivity index (χ3v) is 3.71. The van der Waals surface area contributed by atoms with Gasteiger partial charge >= 0.3 is 0 Å². The van der Waals surface area contributed by atoms with Gasteiger partial charge in [0, 0.05) is 24.3 Å². The Morgan fingerprint density at radius 2 is 1.94 bits per heavy atom. The molecule has 1 unspecified atom stereocenters. The fourth-order valence-corrected chi connectivity index (χ4v) is 2.66. The average molecular weight is 246 g/mol. The summed E-state index contributed by atoms with van der Waals surface area (Å²) >= 11 is 0. The molecule has 1 fully saturated rings. The van der Waals surface area contributed by atoms with Gasteiger partial charge in [-0.2, -0.15) is 0 Å². The summed E-state index contributed by atoms with van der Waals surface area (Å²) in [6, 6.07) is 8.25. The van der Waals surface area contributed by atoms with Gasteiger partial charge in [0.05, 0.1) is 0 Å². The van der Waals surface area contributed by atoms with Crippen LogP contribution in [0.15, 0.2) is 24.3 Å². The van der Waals surface area contributed by atoms with Crippen molar-refractivity contribution in [1.29, 1.82) is 0 Å². The lowest BCUT2D eigenvalue weighted by Crippen LogP contribution is -2.19. The van der Waals surface area contributed by atoms with Crippen LogP contribution in [0.5, 0.6) is 0 Å². The average Bonchev–Trinajstić information content (AvgIpc) is 2.68. The summed E-state index contributed by atoms with van der Waals surface area (Å²) in [7, 11) is 1.65. The monoisotopic (exact) mass is 246 g/mol. The minimum absolute atomic E-state index is 0.0384. The zero-order chi connectivity index (χ0) is 13.2. The van der Waals surface area contributed by atoms with E-state index in [1.54, 1.807) is 7.05 Å². The van der Waals surface area contributed by atoms with Crippen LogP contribution in [0.3, 0.4) is 0 Å². The molecule has 2 rings (SSSR count). The molecule has 3 heteroatoms. The summed E-state index contributed by atoms with van der Waals surface area (Å²) in [4.78, 5) is 11.4. The highest BCUT2D eigenvalue weighted by Gasteiger charge is 2.30. The van der Waals surface area contributed by atoms with Crippen LogP contribution < -0.4 is 10.6 Å². The molecular weight excluding hydrogens is 224 g/mol. The molecule has 1 aromatic rings. The van der Waals surface area contributed by atoms with Crippen LogP contribution in [-0.4, -0.2) is 19.0 Å². The predicted molar refractivity (Wildman–Crippen MR) is 74.9 cm³/mol. The molecule has 1 aliphatic rings. The molecule has 18 heavy (non-hydrogen) atoms. The van der Waals surface area contributed by atoms with Crippen molar-refractivity contribution in [3.63, 3.8) is 0 Å². The highest BCUT2D eigenvalue weighted by molar-refractivity contribution is 5.94. The largest absolute Gasteiger partial charge is 0.382 e. The smallest absolute Gasteiger partial charge is 0.251 e. The van der Waals surface area contributed by atoms with Gasteiger partial charge in [-0.25, -0.2) is 0 Å². The van der Waals surface area contributed by atoms with E-state index in [1.165, 1.54) is 19.3 Å². The molecule has 0 saturated heterocycles. The van der Waals surface area contributed by atoms with Gasteiger partial charge in [0.2, 0.25) is 0 Å². The summed E-state index contributed by atoms with van der Waals surface area (Å²) in [6.07, 6.45) is 3.72. The van der Waals surface area contributed by atoms with Gasteiger partial charge in [-0.15, -0.1) is 0 Å². The molecule has 1 atom stereocenters. The zero-order valence-electron chi connectivity index (χ0n) is 11.4. The van der Waals surface area contributed by atoms with Crippen molar-refractivity contribution in [1.82, 2.24) is 5.32 Å². The SMILES string of the molecule is CNC(=O)c1ccc(NC2CCC(C)(C)C2)cc1. The number of benzene rings is 1.